The van der Waals surface area contributed by atoms with E-state index in [9.17, 15) is 15.0 Å². The molecule has 1 aliphatic rings. The first-order valence-corrected chi connectivity index (χ1v) is 8.05. The van der Waals surface area contributed by atoms with Crippen LogP contribution in [-0.4, -0.2) is 21.8 Å². The molecular formula is C18H18Cl2O4. The molecule has 0 aliphatic carbocycles. The van der Waals surface area contributed by atoms with E-state index >= 15 is 0 Å². The van der Waals surface area contributed by atoms with E-state index in [4.69, 9.17) is 27.9 Å². The topological polar surface area (TPSA) is 66.8 Å². The van der Waals surface area contributed by atoms with E-state index < -0.39 is 5.60 Å². The Balaban J connectivity index is 2.30. The van der Waals surface area contributed by atoms with Gasteiger partial charge in [-0.1, -0.05) is 40.9 Å². The van der Waals surface area contributed by atoms with E-state index in [0.29, 0.717) is 17.6 Å². The van der Waals surface area contributed by atoms with Crippen molar-refractivity contribution >= 4 is 34.7 Å². The number of cyclic esters (lactones) is 1. The van der Waals surface area contributed by atoms with Crippen LogP contribution in [0.2, 0.25) is 10.0 Å². The minimum atomic E-state index is -0.721. The molecule has 1 aromatic carbocycles. The van der Waals surface area contributed by atoms with Crippen LogP contribution in [0.15, 0.2) is 35.9 Å². The number of allylic oxidation sites excluding steroid dienone is 3. The third-order valence-corrected chi connectivity index (χ3v) is 4.44. The Morgan fingerprint density at radius 2 is 1.88 bits per heavy atom. The molecule has 2 rings (SSSR count). The van der Waals surface area contributed by atoms with Gasteiger partial charge in [0.05, 0.1) is 10.0 Å². The average Bonchev–Trinajstić information content (AvgIpc) is 2.43. The SMILES string of the molecule is CC1=CC(=O)O[C@](C)(/C=C/C=C(\C)c2c(Cl)c(O)cc(O)c2Cl)C1. The fourth-order valence-electron chi connectivity index (χ4n) is 2.63. The highest BCUT2D eigenvalue weighted by molar-refractivity contribution is 6.39. The van der Waals surface area contributed by atoms with Crippen molar-refractivity contribution in [3.8, 4) is 11.5 Å². The Kier molecular flexibility index (Phi) is 5.31. The monoisotopic (exact) mass is 368 g/mol. The number of phenolic OH excluding ortho intramolecular Hbond substituents is 2. The smallest absolute Gasteiger partial charge is 0.331 e. The van der Waals surface area contributed by atoms with Crippen LogP contribution in [-0.2, 0) is 9.53 Å². The normalized spacial score (nSPS) is 21.8. The van der Waals surface area contributed by atoms with Crippen molar-refractivity contribution in [2.75, 3.05) is 0 Å². The van der Waals surface area contributed by atoms with Gasteiger partial charge in [0.2, 0.25) is 0 Å². The van der Waals surface area contributed by atoms with E-state index in [1.165, 1.54) is 6.08 Å². The van der Waals surface area contributed by atoms with Gasteiger partial charge in [-0.05, 0) is 32.4 Å². The molecule has 1 aromatic rings. The summed E-state index contributed by atoms with van der Waals surface area (Å²) >= 11 is 12.1. The zero-order valence-electron chi connectivity index (χ0n) is 13.6. The third kappa shape index (κ3) is 3.94. The summed E-state index contributed by atoms with van der Waals surface area (Å²) in [5, 5.41) is 19.6. The molecule has 0 spiro atoms. The first-order chi connectivity index (χ1) is 11.1. The molecule has 6 heteroatoms. The second-order valence-corrected chi connectivity index (χ2v) is 6.78. The lowest BCUT2D eigenvalue weighted by Crippen LogP contribution is -2.32. The van der Waals surface area contributed by atoms with Crippen LogP contribution in [0, 0.1) is 0 Å². The van der Waals surface area contributed by atoms with E-state index in [1.807, 2.05) is 13.8 Å². The third-order valence-electron chi connectivity index (χ3n) is 3.68. The van der Waals surface area contributed by atoms with Crippen LogP contribution < -0.4 is 0 Å². The van der Waals surface area contributed by atoms with Gasteiger partial charge in [-0.15, -0.1) is 0 Å². The van der Waals surface area contributed by atoms with Crippen LogP contribution in [0.4, 0.5) is 0 Å². The van der Waals surface area contributed by atoms with Crippen molar-refractivity contribution in [3.63, 3.8) is 0 Å². The number of rotatable bonds is 3. The molecule has 0 radical (unpaired) electrons. The number of ether oxygens (including phenoxy) is 1. The van der Waals surface area contributed by atoms with E-state index in [-0.39, 0.29) is 27.5 Å². The van der Waals surface area contributed by atoms with Gasteiger partial charge in [-0.3, -0.25) is 0 Å². The first-order valence-electron chi connectivity index (χ1n) is 7.29. The standard InChI is InChI=1S/C18H18Cl2O4/c1-10-7-14(23)24-18(3,9-10)6-4-5-11(2)15-16(19)12(21)8-13(22)17(15)20/h4-8,21-22H,9H2,1-3H3/b6-4+,11-5+/t18-/m1/s1. The minimum absolute atomic E-state index is 0.0639. The molecule has 0 saturated heterocycles. The van der Waals surface area contributed by atoms with Crippen molar-refractivity contribution in [3.05, 3.63) is 51.6 Å². The summed E-state index contributed by atoms with van der Waals surface area (Å²) in [6.07, 6.45) is 7.31. The number of hydrogen-bond donors (Lipinski definition) is 2. The van der Waals surface area contributed by atoms with Gasteiger partial charge in [0.25, 0.3) is 0 Å². The molecule has 0 bridgehead atoms. The minimum Gasteiger partial charge on any atom is -0.506 e. The van der Waals surface area contributed by atoms with Gasteiger partial charge in [0, 0.05) is 24.1 Å². The van der Waals surface area contributed by atoms with Crippen LogP contribution >= 0.6 is 23.2 Å². The molecule has 0 saturated carbocycles. The summed E-state index contributed by atoms with van der Waals surface area (Å²) in [6, 6.07) is 1.09. The molecule has 2 N–H and O–H groups in total. The quantitative estimate of drug-likeness (QED) is 0.580. The van der Waals surface area contributed by atoms with Crippen LogP contribution in [0.25, 0.3) is 5.57 Å². The van der Waals surface area contributed by atoms with Crippen molar-refractivity contribution < 1.29 is 19.7 Å². The molecule has 0 fully saturated rings. The largest absolute Gasteiger partial charge is 0.506 e. The van der Waals surface area contributed by atoms with Crippen molar-refractivity contribution in [1.29, 1.82) is 0 Å². The fraction of sp³-hybridized carbons (Fsp3) is 0.278. The zero-order chi connectivity index (χ0) is 18.1. The highest BCUT2D eigenvalue weighted by Crippen LogP contribution is 2.42. The number of hydrogen-bond acceptors (Lipinski definition) is 4. The highest BCUT2D eigenvalue weighted by atomic mass is 35.5. The molecule has 24 heavy (non-hydrogen) atoms. The summed E-state index contributed by atoms with van der Waals surface area (Å²) in [5.74, 6) is -0.867. The lowest BCUT2D eigenvalue weighted by atomic mass is 9.93. The van der Waals surface area contributed by atoms with Gasteiger partial charge < -0.3 is 14.9 Å². The molecule has 128 valence electrons. The van der Waals surface area contributed by atoms with Gasteiger partial charge >= 0.3 is 5.97 Å². The molecular weight excluding hydrogens is 351 g/mol. The molecule has 1 aliphatic heterocycles. The molecule has 0 unspecified atom stereocenters. The summed E-state index contributed by atoms with van der Waals surface area (Å²) in [6.45, 7) is 5.44. The van der Waals surface area contributed by atoms with Crippen LogP contribution in [0.5, 0.6) is 11.5 Å². The lowest BCUT2D eigenvalue weighted by Gasteiger charge is -2.29. The number of benzene rings is 1. The molecule has 1 heterocycles. The second kappa shape index (κ2) is 6.91. The van der Waals surface area contributed by atoms with Gasteiger partial charge in [0.15, 0.2) is 0 Å². The molecule has 4 nitrogen and oxygen atoms in total. The first kappa shape index (κ1) is 18.4. The maximum atomic E-state index is 11.5. The Labute approximate surface area is 150 Å². The Hall–Kier alpha value is -1.91. The lowest BCUT2D eigenvalue weighted by molar-refractivity contribution is -0.149. The average molecular weight is 369 g/mol. The van der Waals surface area contributed by atoms with Crippen LogP contribution in [0.1, 0.15) is 32.8 Å². The Bertz CT molecular complexity index is 751. The number of halogens is 2. The van der Waals surface area contributed by atoms with Crippen molar-refractivity contribution in [2.24, 2.45) is 0 Å². The van der Waals surface area contributed by atoms with E-state index in [2.05, 4.69) is 0 Å². The maximum Gasteiger partial charge on any atom is 0.331 e. The number of phenols is 2. The Morgan fingerprint density at radius 1 is 1.29 bits per heavy atom. The fourth-order valence-corrected chi connectivity index (χ4v) is 3.27. The second-order valence-electron chi connectivity index (χ2n) is 6.03. The maximum absolute atomic E-state index is 11.5. The predicted molar refractivity (Wildman–Crippen MR) is 95.5 cm³/mol. The van der Waals surface area contributed by atoms with E-state index in [0.717, 1.165) is 11.6 Å². The summed E-state index contributed by atoms with van der Waals surface area (Å²) in [7, 11) is 0. The van der Waals surface area contributed by atoms with Gasteiger partial charge in [-0.2, -0.15) is 0 Å². The van der Waals surface area contributed by atoms with Crippen LogP contribution in [0.3, 0.4) is 0 Å². The Morgan fingerprint density at radius 3 is 2.42 bits per heavy atom. The van der Waals surface area contributed by atoms with Gasteiger partial charge in [-0.25, -0.2) is 4.79 Å². The number of carbonyl (C=O) groups is 1. The number of esters is 1. The number of aromatic hydroxyl groups is 2. The zero-order valence-corrected chi connectivity index (χ0v) is 15.1. The van der Waals surface area contributed by atoms with Gasteiger partial charge in [0.1, 0.15) is 17.1 Å². The van der Waals surface area contributed by atoms with Crippen molar-refractivity contribution in [2.45, 2.75) is 32.8 Å². The summed E-state index contributed by atoms with van der Waals surface area (Å²) < 4.78 is 5.35. The summed E-state index contributed by atoms with van der Waals surface area (Å²) in [5.41, 5.74) is 1.22. The number of carbonyl (C=O) groups excluding carboxylic acids is 1. The van der Waals surface area contributed by atoms with Crippen molar-refractivity contribution in [1.82, 2.24) is 0 Å². The molecule has 0 aromatic heterocycles. The molecule has 1 atom stereocenters. The van der Waals surface area contributed by atoms with E-state index in [1.54, 1.807) is 25.2 Å². The summed E-state index contributed by atoms with van der Waals surface area (Å²) in [4.78, 5) is 11.5. The molecule has 0 amide bonds. The predicted octanol–water partition coefficient (Wildman–Crippen LogP) is 5.02. The highest BCUT2D eigenvalue weighted by Gasteiger charge is 2.29.